The molecule has 3 aromatic rings. The van der Waals surface area contributed by atoms with Gasteiger partial charge in [-0.1, -0.05) is 23.7 Å². The summed E-state index contributed by atoms with van der Waals surface area (Å²) in [6.07, 6.45) is 1.31. The molecule has 28 heavy (non-hydrogen) atoms. The third-order valence-electron chi connectivity index (χ3n) is 4.63. The highest BCUT2D eigenvalue weighted by Crippen LogP contribution is 2.31. The highest BCUT2D eigenvalue weighted by atomic mass is 35.5. The second-order valence-electron chi connectivity index (χ2n) is 6.60. The number of carbonyl (C=O) groups excluding carboxylic acids is 2. The zero-order valence-corrected chi connectivity index (χ0v) is 16.8. The second kappa shape index (κ2) is 7.73. The van der Waals surface area contributed by atoms with E-state index in [2.05, 4.69) is 10.3 Å². The van der Waals surface area contributed by atoms with E-state index in [4.69, 9.17) is 11.6 Å². The lowest BCUT2D eigenvalue weighted by molar-refractivity contribution is -0.117. The van der Waals surface area contributed by atoms with Crippen molar-refractivity contribution in [3.05, 3.63) is 63.4 Å². The number of benzene rings is 2. The van der Waals surface area contributed by atoms with Gasteiger partial charge in [0.2, 0.25) is 5.91 Å². The normalized spacial score (nSPS) is 13.8. The molecular formula is C21H18ClN3O2S. The van der Waals surface area contributed by atoms with E-state index < -0.39 is 0 Å². The molecule has 2 aromatic carbocycles. The van der Waals surface area contributed by atoms with Crippen LogP contribution in [-0.4, -0.2) is 23.3 Å². The third kappa shape index (κ3) is 3.79. The van der Waals surface area contributed by atoms with E-state index in [-0.39, 0.29) is 11.8 Å². The van der Waals surface area contributed by atoms with Crippen molar-refractivity contribution in [2.45, 2.75) is 19.8 Å². The molecule has 2 amide bonds. The van der Waals surface area contributed by atoms with Crippen molar-refractivity contribution >= 4 is 46.1 Å². The molecule has 0 aliphatic carbocycles. The van der Waals surface area contributed by atoms with Crippen LogP contribution in [0.1, 0.15) is 28.2 Å². The molecule has 1 fully saturated rings. The molecule has 0 saturated carbocycles. The van der Waals surface area contributed by atoms with E-state index in [1.807, 2.05) is 36.6 Å². The van der Waals surface area contributed by atoms with E-state index in [1.54, 1.807) is 34.4 Å². The molecule has 0 atom stereocenters. The number of hydrogen-bond donors (Lipinski definition) is 1. The largest absolute Gasteiger partial charge is 0.322 e. The van der Waals surface area contributed by atoms with E-state index >= 15 is 0 Å². The van der Waals surface area contributed by atoms with Crippen LogP contribution >= 0.6 is 22.9 Å². The van der Waals surface area contributed by atoms with Gasteiger partial charge in [0.25, 0.3) is 5.91 Å². The summed E-state index contributed by atoms with van der Waals surface area (Å²) in [6, 6.07) is 12.6. The minimum atomic E-state index is -0.248. The van der Waals surface area contributed by atoms with Crippen LogP contribution in [-0.2, 0) is 4.79 Å². The van der Waals surface area contributed by atoms with Gasteiger partial charge in [0.15, 0.2) is 0 Å². The molecule has 4 rings (SSSR count). The number of aromatic nitrogens is 1. The standard InChI is InChI=1S/C21H18ClN3O2S/c1-13-23-18(12-28-13)14-4-7-16(8-5-14)24-21(27)15-6-9-17(22)19(11-15)25-10-2-3-20(25)26/h4-9,11-12H,2-3,10H2,1H3,(H,24,27). The Bertz CT molecular complexity index is 1050. The first-order valence-electron chi connectivity index (χ1n) is 8.95. The van der Waals surface area contributed by atoms with Gasteiger partial charge in [0.1, 0.15) is 0 Å². The molecule has 142 valence electrons. The number of nitrogens with one attached hydrogen (secondary N) is 1. The molecule has 1 saturated heterocycles. The van der Waals surface area contributed by atoms with Crippen LogP contribution in [0.5, 0.6) is 0 Å². The maximum absolute atomic E-state index is 12.7. The van der Waals surface area contributed by atoms with Crippen LogP contribution in [0.15, 0.2) is 47.8 Å². The van der Waals surface area contributed by atoms with Crippen LogP contribution in [0, 0.1) is 6.92 Å². The van der Waals surface area contributed by atoms with Crippen molar-refractivity contribution in [1.82, 2.24) is 4.98 Å². The molecule has 1 N–H and O–H groups in total. The van der Waals surface area contributed by atoms with E-state index in [0.717, 1.165) is 22.7 Å². The fourth-order valence-electron chi connectivity index (χ4n) is 3.19. The fraction of sp³-hybridized carbons (Fsp3) is 0.190. The lowest BCUT2D eigenvalue weighted by atomic mass is 10.1. The van der Waals surface area contributed by atoms with Crippen LogP contribution in [0.4, 0.5) is 11.4 Å². The summed E-state index contributed by atoms with van der Waals surface area (Å²) < 4.78 is 0. The molecule has 1 aromatic heterocycles. The molecule has 1 aliphatic rings. The Kier molecular flexibility index (Phi) is 5.15. The maximum atomic E-state index is 12.7. The predicted octanol–water partition coefficient (Wildman–Crippen LogP) is 5.15. The number of thiazole rings is 1. The molecule has 2 heterocycles. The Morgan fingerprint density at radius 1 is 1.21 bits per heavy atom. The molecule has 0 bridgehead atoms. The summed E-state index contributed by atoms with van der Waals surface area (Å²) in [5.74, 6) is -0.214. The van der Waals surface area contributed by atoms with Crippen LogP contribution in [0.2, 0.25) is 5.02 Å². The Hall–Kier alpha value is -2.70. The van der Waals surface area contributed by atoms with Gasteiger partial charge in [-0.05, 0) is 43.7 Å². The Balaban J connectivity index is 1.51. The molecule has 1 aliphatic heterocycles. The number of carbonyl (C=O) groups is 2. The van der Waals surface area contributed by atoms with Gasteiger partial charge in [-0.25, -0.2) is 4.98 Å². The number of aryl methyl sites for hydroxylation is 1. The average molecular weight is 412 g/mol. The van der Waals surface area contributed by atoms with Crippen LogP contribution in [0.3, 0.4) is 0 Å². The van der Waals surface area contributed by atoms with Gasteiger partial charge >= 0.3 is 0 Å². The van der Waals surface area contributed by atoms with Gasteiger partial charge in [-0.2, -0.15) is 0 Å². The zero-order valence-electron chi connectivity index (χ0n) is 15.2. The van der Waals surface area contributed by atoms with Crippen molar-refractivity contribution < 1.29 is 9.59 Å². The molecule has 7 heteroatoms. The summed E-state index contributed by atoms with van der Waals surface area (Å²) in [5, 5.41) is 6.38. The molecule has 0 radical (unpaired) electrons. The first kappa shape index (κ1) is 18.7. The van der Waals surface area contributed by atoms with E-state index in [9.17, 15) is 9.59 Å². The Labute approximate surface area is 172 Å². The molecule has 0 spiro atoms. The Morgan fingerprint density at radius 3 is 2.64 bits per heavy atom. The molecular weight excluding hydrogens is 394 g/mol. The number of hydrogen-bond acceptors (Lipinski definition) is 4. The SMILES string of the molecule is Cc1nc(-c2ccc(NC(=O)c3ccc(Cl)c(N4CCCC4=O)c3)cc2)cs1. The van der Waals surface area contributed by atoms with Gasteiger partial charge in [0.05, 0.1) is 21.4 Å². The lowest BCUT2D eigenvalue weighted by Crippen LogP contribution is -2.24. The smallest absolute Gasteiger partial charge is 0.255 e. The number of anilines is 2. The van der Waals surface area contributed by atoms with Gasteiger partial charge in [-0.15, -0.1) is 11.3 Å². The molecule has 0 unspecified atom stereocenters. The maximum Gasteiger partial charge on any atom is 0.255 e. The van der Waals surface area contributed by atoms with E-state index in [0.29, 0.717) is 34.9 Å². The first-order chi connectivity index (χ1) is 13.5. The fourth-order valence-corrected chi connectivity index (χ4v) is 4.03. The summed E-state index contributed by atoms with van der Waals surface area (Å²) in [5.41, 5.74) is 3.67. The van der Waals surface area contributed by atoms with Gasteiger partial charge < -0.3 is 10.2 Å². The van der Waals surface area contributed by atoms with Crippen molar-refractivity contribution in [3.63, 3.8) is 0 Å². The van der Waals surface area contributed by atoms with E-state index in [1.165, 1.54) is 0 Å². The lowest BCUT2D eigenvalue weighted by Gasteiger charge is -2.18. The number of rotatable bonds is 4. The summed E-state index contributed by atoms with van der Waals surface area (Å²) in [7, 11) is 0. The average Bonchev–Trinajstić information content (AvgIpc) is 3.31. The zero-order chi connectivity index (χ0) is 19.7. The highest BCUT2D eigenvalue weighted by molar-refractivity contribution is 7.09. The van der Waals surface area contributed by atoms with Crippen molar-refractivity contribution in [3.8, 4) is 11.3 Å². The summed E-state index contributed by atoms with van der Waals surface area (Å²) in [6.45, 7) is 2.60. The minimum Gasteiger partial charge on any atom is -0.322 e. The van der Waals surface area contributed by atoms with Gasteiger partial charge in [0, 0.05) is 35.2 Å². The Morgan fingerprint density at radius 2 is 2.00 bits per heavy atom. The van der Waals surface area contributed by atoms with Crippen molar-refractivity contribution in [2.75, 3.05) is 16.8 Å². The number of nitrogens with zero attached hydrogens (tertiary/aromatic N) is 2. The topological polar surface area (TPSA) is 62.3 Å². The van der Waals surface area contributed by atoms with Crippen LogP contribution in [0.25, 0.3) is 11.3 Å². The summed E-state index contributed by atoms with van der Waals surface area (Å²) in [4.78, 5) is 30.8. The van der Waals surface area contributed by atoms with Crippen molar-refractivity contribution in [2.24, 2.45) is 0 Å². The first-order valence-corrected chi connectivity index (χ1v) is 10.2. The quantitative estimate of drug-likeness (QED) is 0.645. The number of amides is 2. The van der Waals surface area contributed by atoms with Gasteiger partial charge in [-0.3, -0.25) is 9.59 Å². The monoisotopic (exact) mass is 411 g/mol. The predicted molar refractivity (Wildman–Crippen MR) is 113 cm³/mol. The minimum absolute atomic E-state index is 0.0346. The highest BCUT2D eigenvalue weighted by Gasteiger charge is 2.24. The van der Waals surface area contributed by atoms with Crippen molar-refractivity contribution in [1.29, 1.82) is 0 Å². The second-order valence-corrected chi connectivity index (χ2v) is 8.07. The number of halogens is 1. The van der Waals surface area contributed by atoms with Crippen LogP contribution < -0.4 is 10.2 Å². The third-order valence-corrected chi connectivity index (χ3v) is 5.72. The summed E-state index contributed by atoms with van der Waals surface area (Å²) >= 11 is 7.86. The molecule has 5 nitrogen and oxygen atoms in total.